The summed E-state index contributed by atoms with van der Waals surface area (Å²) in [4.78, 5) is 27.0. The van der Waals surface area contributed by atoms with Gasteiger partial charge in [-0.3, -0.25) is 9.78 Å². The molecule has 1 aliphatic rings. The first-order valence-electron chi connectivity index (χ1n) is 13.0. The van der Waals surface area contributed by atoms with Gasteiger partial charge >= 0.3 is 6.18 Å². The second kappa shape index (κ2) is 11.4. The molecule has 4 aromatic rings. The van der Waals surface area contributed by atoms with Crippen molar-refractivity contribution in [2.75, 3.05) is 18.0 Å². The molecule has 39 heavy (non-hydrogen) atoms. The predicted octanol–water partition coefficient (Wildman–Crippen LogP) is 6.82. The quantitative estimate of drug-likeness (QED) is 0.247. The number of aryl methyl sites for hydroxylation is 1. The Morgan fingerprint density at radius 2 is 1.72 bits per heavy atom. The molecule has 2 aromatic heterocycles. The Balaban J connectivity index is 1.17. The number of Topliss-reactive ketones (excluding diaryl/α,β-unsaturated/α-hetero) is 1. The zero-order chi connectivity index (χ0) is 27.4. The molecule has 0 bridgehead atoms. The van der Waals surface area contributed by atoms with Crippen LogP contribution >= 0.6 is 0 Å². The Morgan fingerprint density at radius 3 is 2.41 bits per heavy atom. The van der Waals surface area contributed by atoms with Gasteiger partial charge in [0.05, 0.1) is 10.9 Å². The molecular formula is C30H29F3N4O2. The van der Waals surface area contributed by atoms with Gasteiger partial charge in [0.25, 0.3) is 0 Å². The van der Waals surface area contributed by atoms with Crippen LogP contribution in [0.15, 0.2) is 67.1 Å². The van der Waals surface area contributed by atoms with Gasteiger partial charge in [0.15, 0.2) is 0 Å². The van der Waals surface area contributed by atoms with Crippen LogP contribution in [-0.2, 0) is 23.8 Å². The lowest BCUT2D eigenvalue weighted by molar-refractivity contribution is -0.141. The molecule has 1 fully saturated rings. The molecule has 202 valence electrons. The van der Waals surface area contributed by atoms with Crippen molar-refractivity contribution in [2.45, 2.75) is 45.2 Å². The number of alkyl halides is 3. The van der Waals surface area contributed by atoms with Gasteiger partial charge in [-0.05, 0) is 72.7 Å². The highest BCUT2D eigenvalue weighted by molar-refractivity contribution is 5.86. The second-order valence-electron chi connectivity index (χ2n) is 10.1. The molecule has 9 heteroatoms. The molecule has 3 heterocycles. The van der Waals surface area contributed by atoms with Crippen molar-refractivity contribution in [3.05, 3.63) is 83.9 Å². The van der Waals surface area contributed by atoms with Crippen LogP contribution in [0.3, 0.4) is 0 Å². The second-order valence-corrected chi connectivity index (χ2v) is 10.1. The first-order valence-corrected chi connectivity index (χ1v) is 13.0. The molecule has 1 saturated heterocycles. The normalized spacial score (nSPS) is 14.5. The molecule has 5 rings (SSSR count). The van der Waals surface area contributed by atoms with Crippen molar-refractivity contribution in [1.29, 1.82) is 0 Å². The average Bonchev–Trinajstić information content (AvgIpc) is 2.93. The lowest BCUT2D eigenvalue weighted by atomic mass is 9.99. The number of fused-ring (bicyclic) bond motifs is 1. The van der Waals surface area contributed by atoms with Crippen molar-refractivity contribution < 1.29 is 22.7 Å². The van der Waals surface area contributed by atoms with Crippen molar-refractivity contribution in [2.24, 2.45) is 5.92 Å². The number of carbonyl (C=O) groups is 1. The number of hydrogen-bond acceptors (Lipinski definition) is 6. The van der Waals surface area contributed by atoms with Crippen LogP contribution in [0.4, 0.5) is 18.9 Å². The van der Waals surface area contributed by atoms with Crippen LogP contribution in [0.25, 0.3) is 10.9 Å². The summed E-state index contributed by atoms with van der Waals surface area (Å²) in [5, 5.41) is 0.823. The van der Waals surface area contributed by atoms with E-state index in [1.165, 1.54) is 31.4 Å². The third-order valence-electron chi connectivity index (χ3n) is 7.08. The summed E-state index contributed by atoms with van der Waals surface area (Å²) in [7, 11) is 0. The molecule has 0 spiro atoms. The minimum atomic E-state index is -4.47. The van der Waals surface area contributed by atoms with E-state index in [9.17, 15) is 18.0 Å². The van der Waals surface area contributed by atoms with E-state index in [1.54, 1.807) is 12.1 Å². The van der Waals surface area contributed by atoms with Gasteiger partial charge in [0.1, 0.15) is 23.6 Å². The number of ketones is 1. The van der Waals surface area contributed by atoms with Crippen LogP contribution in [0.5, 0.6) is 11.6 Å². The third-order valence-corrected chi connectivity index (χ3v) is 7.08. The summed E-state index contributed by atoms with van der Waals surface area (Å²) in [6.45, 7) is 4.38. The number of benzene rings is 2. The number of hydrogen-bond donors (Lipinski definition) is 0. The van der Waals surface area contributed by atoms with E-state index in [1.807, 2.05) is 18.2 Å². The van der Waals surface area contributed by atoms with Crippen molar-refractivity contribution in [1.82, 2.24) is 15.0 Å². The summed E-state index contributed by atoms with van der Waals surface area (Å²) in [5.41, 5.74) is 2.46. The molecule has 0 saturated carbocycles. The Kier molecular flexibility index (Phi) is 7.77. The summed E-state index contributed by atoms with van der Waals surface area (Å²) < 4.78 is 44.0. The largest absolute Gasteiger partial charge is 0.438 e. The van der Waals surface area contributed by atoms with Gasteiger partial charge in [-0.1, -0.05) is 25.1 Å². The van der Waals surface area contributed by atoms with Crippen LogP contribution in [0, 0.1) is 5.92 Å². The molecule has 6 nitrogen and oxygen atoms in total. The summed E-state index contributed by atoms with van der Waals surface area (Å²) >= 11 is 0. The molecule has 1 aliphatic heterocycles. The molecule has 2 aromatic carbocycles. The van der Waals surface area contributed by atoms with Crippen molar-refractivity contribution >= 4 is 22.4 Å². The zero-order valence-electron chi connectivity index (χ0n) is 21.6. The Bertz CT molecular complexity index is 1430. The smallest absolute Gasteiger partial charge is 0.433 e. The zero-order valence-corrected chi connectivity index (χ0v) is 21.6. The number of carbonyl (C=O) groups excluding carboxylic acids is 1. The van der Waals surface area contributed by atoms with E-state index in [-0.39, 0.29) is 18.6 Å². The Labute approximate surface area is 224 Å². The maximum atomic E-state index is 12.7. The van der Waals surface area contributed by atoms with Gasteiger partial charge < -0.3 is 9.64 Å². The van der Waals surface area contributed by atoms with E-state index < -0.39 is 11.9 Å². The van der Waals surface area contributed by atoms with E-state index in [0.717, 1.165) is 47.2 Å². The van der Waals surface area contributed by atoms with Gasteiger partial charge in [-0.15, -0.1) is 0 Å². The molecule has 0 amide bonds. The van der Waals surface area contributed by atoms with E-state index in [0.29, 0.717) is 23.6 Å². The van der Waals surface area contributed by atoms with Crippen LogP contribution in [-0.4, -0.2) is 33.8 Å². The first kappa shape index (κ1) is 26.6. The SMILES string of the molecule is CC1CCN(c2ccc3c(Oc4ccc(CC(=O)CCc5ccc(C(F)(F)F)nc5)cc4)ncnc3c2)CC1. The highest BCUT2D eigenvalue weighted by Gasteiger charge is 2.32. The van der Waals surface area contributed by atoms with Crippen LogP contribution in [0.1, 0.15) is 43.0 Å². The molecule has 0 atom stereocenters. The number of aromatic nitrogens is 3. The fraction of sp³-hybridized carbons (Fsp3) is 0.333. The lowest BCUT2D eigenvalue weighted by Crippen LogP contribution is -2.32. The number of anilines is 1. The molecule has 0 aliphatic carbocycles. The van der Waals surface area contributed by atoms with E-state index in [4.69, 9.17) is 4.74 Å². The fourth-order valence-corrected chi connectivity index (χ4v) is 4.69. The predicted molar refractivity (Wildman–Crippen MR) is 143 cm³/mol. The topological polar surface area (TPSA) is 68.2 Å². The van der Waals surface area contributed by atoms with Gasteiger partial charge in [0.2, 0.25) is 5.88 Å². The fourth-order valence-electron chi connectivity index (χ4n) is 4.69. The monoisotopic (exact) mass is 534 g/mol. The average molecular weight is 535 g/mol. The summed E-state index contributed by atoms with van der Waals surface area (Å²) in [6.07, 6.45) is 1.36. The number of piperidine rings is 1. The highest BCUT2D eigenvalue weighted by Crippen LogP contribution is 2.31. The minimum absolute atomic E-state index is 0.00988. The van der Waals surface area contributed by atoms with Gasteiger partial charge in [0, 0.05) is 37.8 Å². The van der Waals surface area contributed by atoms with Crippen molar-refractivity contribution in [3.63, 3.8) is 0 Å². The number of ether oxygens (including phenoxy) is 1. The molecule has 0 radical (unpaired) electrons. The Morgan fingerprint density at radius 1 is 0.974 bits per heavy atom. The van der Waals surface area contributed by atoms with Crippen LogP contribution in [0.2, 0.25) is 0 Å². The molecule has 0 unspecified atom stereocenters. The maximum absolute atomic E-state index is 12.7. The standard InChI is InChI=1S/C30H29F3N4O2/c1-20-12-14-37(15-13-20)23-6-10-26-27(17-23)35-19-36-29(26)39-25-8-3-21(4-9-25)16-24(38)7-2-22-5-11-28(34-18-22)30(31,32)33/h3-6,8-11,17-20H,2,7,12-16H2,1H3. The summed E-state index contributed by atoms with van der Waals surface area (Å²) in [6, 6.07) is 15.7. The molecule has 0 N–H and O–H groups in total. The highest BCUT2D eigenvalue weighted by atomic mass is 19.4. The number of nitrogens with zero attached hydrogens (tertiary/aromatic N) is 4. The van der Waals surface area contributed by atoms with Gasteiger partial charge in [-0.25, -0.2) is 9.97 Å². The third kappa shape index (κ3) is 6.71. The van der Waals surface area contributed by atoms with Gasteiger partial charge in [-0.2, -0.15) is 13.2 Å². The number of halogens is 3. The van der Waals surface area contributed by atoms with Crippen LogP contribution < -0.4 is 9.64 Å². The first-order chi connectivity index (χ1) is 18.7. The lowest BCUT2D eigenvalue weighted by Gasteiger charge is -2.32. The number of pyridine rings is 1. The van der Waals surface area contributed by atoms with Crippen molar-refractivity contribution in [3.8, 4) is 11.6 Å². The molecular weight excluding hydrogens is 505 g/mol. The minimum Gasteiger partial charge on any atom is -0.438 e. The number of rotatable bonds is 8. The Hall–Kier alpha value is -4.01. The summed E-state index contributed by atoms with van der Waals surface area (Å²) in [5.74, 6) is 1.81. The maximum Gasteiger partial charge on any atom is 0.433 e. The van der Waals surface area contributed by atoms with E-state index in [2.05, 4.69) is 38.9 Å². The van der Waals surface area contributed by atoms with E-state index >= 15 is 0 Å².